The zero-order valence-corrected chi connectivity index (χ0v) is 18.1. The van der Waals surface area contributed by atoms with Gasteiger partial charge in [0.1, 0.15) is 17.1 Å². The SMILES string of the molecule is CCCCN(CC)C(=O)c1c(F)cccc1OCC(=O)N[C@H](CO)Cc1ccccc1. The van der Waals surface area contributed by atoms with Gasteiger partial charge in [-0.1, -0.05) is 49.7 Å². The summed E-state index contributed by atoms with van der Waals surface area (Å²) < 4.78 is 20.0. The summed E-state index contributed by atoms with van der Waals surface area (Å²) in [6.07, 6.45) is 2.20. The van der Waals surface area contributed by atoms with E-state index in [4.69, 9.17) is 4.74 Å². The number of carbonyl (C=O) groups excluding carboxylic acids is 2. The van der Waals surface area contributed by atoms with Gasteiger partial charge in [0.2, 0.25) is 0 Å². The highest BCUT2D eigenvalue weighted by Gasteiger charge is 2.23. The van der Waals surface area contributed by atoms with Gasteiger partial charge in [-0.3, -0.25) is 9.59 Å². The van der Waals surface area contributed by atoms with Crippen molar-refractivity contribution in [3.05, 3.63) is 65.5 Å². The van der Waals surface area contributed by atoms with Gasteiger partial charge in [-0.15, -0.1) is 0 Å². The van der Waals surface area contributed by atoms with Crippen molar-refractivity contribution in [1.82, 2.24) is 10.2 Å². The summed E-state index contributed by atoms with van der Waals surface area (Å²) in [4.78, 5) is 26.8. The predicted molar refractivity (Wildman–Crippen MR) is 118 cm³/mol. The van der Waals surface area contributed by atoms with Crippen LogP contribution in [0.2, 0.25) is 0 Å². The summed E-state index contributed by atoms with van der Waals surface area (Å²) in [5.74, 6) is -1.58. The van der Waals surface area contributed by atoms with E-state index in [9.17, 15) is 19.1 Å². The van der Waals surface area contributed by atoms with Gasteiger partial charge >= 0.3 is 0 Å². The third kappa shape index (κ3) is 7.36. The number of rotatable bonds is 12. The number of hydrogen-bond donors (Lipinski definition) is 2. The third-order valence-corrected chi connectivity index (χ3v) is 4.91. The number of unbranched alkanes of at least 4 members (excludes halogenated alkanes) is 1. The zero-order chi connectivity index (χ0) is 22.6. The van der Waals surface area contributed by atoms with Crippen LogP contribution in [0, 0.1) is 5.82 Å². The lowest BCUT2D eigenvalue weighted by atomic mass is 10.1. The topological polar surface area (TPSA) is 78.9 Å². The summed E-state index contributed by atoms with van der Waals surface area (Å²) in [6.45, 7) is 4.21. The minimum absolute atomic E-state index is 0.0266. The standard InChI is InChI=1S/C24H31FN2O4/c1-3-5-14-27(4-2)24(30)23-20(25)12-9-13-21(23)31-17-22(29)26-19(16-28)15-18-10-7-6-8-11-18/h6-13,19,28H,3-5,14-17H2,1-2H3,(H,26,29)/t19-/m0/s1. The number of ether oxygens (including phenoxy) is 1. The molecule has 0 spiro atoms. The van der Waals surface area contributed by atoms with E-state index < -0.39 is 30.3 Å². The normalized spacial score (nSPS) is 11.6. The van der Waals surface area contributed by atoms with Crippen molar-refractivity contribution in [1.29, 1.82) is 0 Å². The van der Waals surface area contributed by atoms with E-state index in [1.165, 1.54) is 18.2 Å². The first-order valence-electron chi connectivity index (χ1n) is 10.6. The molecule has 0 unspecified atom stereocenters. The molecule has 0 bridgehead atoms. The lowest BCUT2D eigenvalue weighted by Crippen LogP contribution is -2.41. The molecule has 0 aromatic heterocycles. The number of aliphatic hydroxyl groups excluding tert-OH is 1. The summed E-state index contributed by atoms with van der Waals surface area (Å²) in [6, 6.07) is 13.1. The van der Waals surface area contributed by atoms with E-state index in [0.717, 1.165) is 18.4 Å². The molecule has 1 atom stereocenters. The average Bonchev–Trinajstić information content (AvgIpc) is 2.78. The third-order valence-electron chi connectivity index (χ3n) is 4.91. The Bertz CT molecular complexity index is 845. The van der Waals surface area contributed by atoms with Crippen LogP contribution >= 0.6 is 0 Å². The summed E-state index contributed by atoms with van der Waals surface area (Å²) >= 11 is 0. The highest BCUT2D eigenvalue weighted by Crippen LogP contribution is 2.23. The molecule has 0 saturated heterocycles. The lowest BCUT2D eigenvalue weighted by molar-refractivity contribution is -0.124. The molecule has 0 fully saturated rings. The maximum absolute atomic E-state index is 14.5. The molecule has 0 heterocycles. The average molecular weight is 431 g/mol. The van der Waals surface area contributed by atoms with Crippen LogP contribution in [0.1, 0.15) is 42.6 Å². The van der Waals surface area contributed by atoms with E-state index in [1.54, 1.807) is 4.90 Å². The molecule has 2 N–H and O–H groups in total. The molecule has 0 aliphatic rings. The number of nitrogens with zero attached hydrogens (tertiary/aromatic N) is 1. The first kappa shape index (κ1) is 24.3. The van der Waals surface area contributed by atoms with Gasteiger partial charge in [0, 0.05) is 13.1 Å². The Morgan fingerprint density at radius 1 is 1.13 bits per heavy atom. The van der Waals surface area contributed by atoms with Crippen LogP contribution in [0.5, 0.6) is 5.75 Å². The molecule has 6 nitrogen and oxygen atoms in total. The van der Waals surface area contributed by atoms with Crippen molar-refractivity contribution in [2.45, 2.75) is 39.2 Å². The number of amides is 2. The number of nitrogens with one attached hydrogen (secondary N) is 1. The molecule has 7 heteroatoms. The number of carbonyl (C=O) groups is 2. The van der Waals surface area contributed by atoms with Gasteiger partial charge in [-0.2, -0.15) is 0 Å². The van der Waals surface area contributed by atoms with Crippen molar-refractivity contribution in [3.8, 4) is 5.75 Å². The molecule has 0 saturated carbocycles. The monoisotopic (exact) mass is 430 g/mol. The predicted octanol–water partition coefficient (Wildman–Crippen LogP) is 3.19. The van der Waals surface area contributed by atoms with E-state index in [1.807, 2.05) is 44.2 Å². The Labute approximate surface area is 183 Å². The molecule has 168 valence electrons. The number of hydrogen-bond acceptors (Lipinski definition) is 4. The fourth-order valence-corrected chi connectivity index (χ4v) is 3.22. The van der Waals surface area contributed by atoms with E-state index in [2.05, 4.69) is 5.32 Å². The van der Waals surface area contributed by atoms with E-state index >= 15 is 0 Å². The Hall–Kier alpha value is -2.93. The van der Waals surface area contributed by atoms with Crippen LogP contribution in [-0.4, -0.2) is 54.2 Å². The van der Waals surface area contributed by atoms with Crippen LogP contribution in [0.3, 0.4) is 0 Å². The largest absolute Gasteiger partial charge is 0.483 e. The molecule has 0 aliphatic carbocycles. The van der Waals surface area contributed by atoms with E-state index in [-0.39, 0.29) is 17.9 Å². The fourth-order valence-electron chi connectivity index (χ4n) is 3.22. The molecule has 2 amide bonds. The van der Waals surface area contributed by atoms with Gasteiger partial charge in [0.05, 0.1) is 12.6 Å². The second-order valence-electron chi connectivity index (χ2n) is 7.28. The summed E-state index contributed by atoms with van der Waals surface area (Å²) in [5, 5.41) is 12.3. The number of halogens is 1. The van der Waals surface area contributed by atoms with E-state index in [0.29, 0.717) is 19.5 Å². The molecule has 31 heavy (non-hydrogen) atoms. The van der Waals surface area contributed by atoms with Gasteiger partial charge in [-0.05, 0) is 37.5 Å². The second-order valence-corrected chi connectivity index (χ2v) is 7.28. The highest BCUT2D eigenvalue weighted by atomic mass is 19.1. The molecule has 2 rings (SSSR count). The van der Waals surface area contributed by atoms with Crippen LogP contribution in [-0.2, 0) is 11.2 Å². The Morgan fingerprint density at radius 2 is 1.87 bits per heavy atom. The highest BCUT2D eigenvalue weighted by molar-refractivity contribution is 5.97. The van der Waals surface area contributed by atoms with Crippen LogP contribution in [0.25, 0.3) is 0 Å². The Kier molecular flexibility index (Phi) is 9.97. The first-order valence-corrected chi connectivity index (χ1v) is 10.6. The van der Waals surface area contributed by atoms with Gasteiger partial charge in [-0.25, -0.2) is 4.39 Å². The molecule has 2 aromatic rings. The number of aliphatic hydroxyl groups is 1. The van der Waals surface area contributed by atoms with Crippen LogP contribution in [0.4, 0.5) is 4.39 Å². The summed E-state index contributed by atoms with van der Waals surface area (Å²) in [5.41, 5.74) is 0.809. The molecule has 0 aliphatic heterocycles. The quantitative estimate of drug-likeness (QED) is 0.542. The van der Waals surface area contributed by atoms with Crippen molar-refractivity contribution in [2.24, 2.45) is 0 Å². The lowest BCUT2D eigenvalue weighted by Gasteiger charge is -2.22. The van der Waals surface area contributed by atoms with Crippen molar-refractivity contribution < 1.29 is 23.8 Å². The molecule has 2 aromatic carbocycles. The second kappa shape index (κ2) is 12.7. The zero-order valence-electron chi connectivity index (χ0n) is 18.1. The number of benzene rings is 2. The van der Waals surface area contributed by atoms with Crippen LogP contribution in [0.15, 0.2) is 48.5 Å². The van der Waals surface area contributed by atoms with Gasteiger partial charge in [0.25, 0.3) is 11.8 Å². The van der Waals surface area contributed by atoms with Crippen molar-refractivity contribution in [2.75, 3.05) is 26.3 Å². The van der Waals surface area contributed by atoms with Crippen LogP contribution < -0.4 is 10.1 Å². The summed E-state index contributed by atoms with van der Waals surface area (Å²) in [7, 11) is 0. The van der Waals surface area contributed by atoms with Crippen molar-refractivity contribution >= 4 is 11.8 Å². The molecular weight excluding hydrogens is 399 g/mol. The Balaban J connectivity index is 2.03. The molecular formula is C24H31FN2O4. The fraction of sp³-hybridized carbons (Fsp3) is 0.417. The smallest absolute Gasteiger partial charge is 0.260 e. The maximum Gasteiger partial charge on any atom is 0.260 e. The van der Waals surface area contributed by atoms with Crippen molar-refractivity contribution in [3.63, 3.8) is 0 Å². The minimum atomic E-state index is -0.685. The minimum Gasteiger partial charge on any atom is -0.483 e. The van der Waals surface area contributed by atoms with Gasteiger partial charge in [0.15, 0.2) is 6.61 Å². The molecule has 0 radical (unpaired) electrons. The maximum atomic E-state index is 14.5. The van der Waals surface area contributed by atoms with Gasteiger partial charge < -0.3 is 20.1 Å². The first-order chi connectivity index (χ1) is 15.0. The Morgan fingerprint density at radius 3 is 2.52 bits per heavy atom.